The van der Waals surface area contributed by atoms with Crippen molar-refractivity contribution < 1.29 is 14.6 Å². The van der Waals surface area contributed by atoms with Crippen molar-refractivity contribution in [3.8, 4) is 11.5 Å². The molecular formula is C12H15NO3. The molecule has 2 N–H and O–H groups in total. The van der Waals surface area contributed by atoms with Crippen molar-refractivity contribution in [2.75, 3.05) is 13.2 Å². The van der Waals surface area contributed by atoms with Crippen LogP contribution < -0.4 is 10.1 Å². The van der Waals surface area contributed by atoms with Gasteiger partial charge in [0.2, 0.25) is 0 Å². The zero-order chi connectivity index (χ0) is 12.0. The van der Waals surface area contributed by atoms with Crippen LogP contribution in [0.2, 0.25) is 0 Å². The van der Waals surface area contributed by atoms with E-state index in [0.717, 1.165) is 5.56 Å². The number of aryl methyl sites for hydroxylation is 1. The van der Waals surface area contributed by atoms with E-state index in [1.54, 1.807) is 18.2 Å². The Morgan fingerprint density at radius 2 is 2.31 bits per heavy atom. The molecule has 16 heavy (non-hydrogen) atoms. The van der Waals surface area contributed by atoms with E-state index in [1.165, 1.54) is 6.07 Å². The van der Waals surface area contributed by atoms with Gasteiger partial charge in [-0.1, -0.05) is 6.08 Å². The predicted octanol–water partition coefficient (Wildman–Crippen LogP) is 1.38. The summed E-state index contributed by atoms with van der Waals surface area (Å²) in [7, 11) is 0. The highest BCUT2D eigenvalue weighted by Gasteiger charge is 2.02. The van der Waals surface area contributed by atoms with Gasteiger partial charge in [-0.25, -0.2) is 0 Å². The Labute approximate surface area is 94.6 Å². The number of hydrogen-bond acceptors (Lipinski definition) is 3. The van der Waals surface area contributed by atoms with Crippen molar-refractivity contribution in [3.63, 3.8) is 0 Å². The van der Waals surface area contributed by atoms with E-state index in [0.29, 0.717) is 12.3 Å². The highest BCUT2D eigenvalue weighted by Crippen LogP contribution is 2.20. The van der Waals surface area contributed by atoms with Crippen LogP contribution in [0.25, 0.3) is 0 Å². The molecular weight excluding hydrogens is 206 g/mol. The van der Waals surface area contributed by atoms with Crippen LogP contribution in [-0.4, -0.2) is 24.2 Å². The molecule has 0 saturated carbocycles. The maximum Gasteiger partial charge on any atom is 0.258 e. The van der Waals surface area contributed by atoms with Crippen LogP contribution in [0.3, 0.4) is 0 Å². The highest BCUT2D eigenvalue weighted by atomic mass is 16.5. The van der Waals surface area contributed by atoms with Crippen molar-refractivity contribution >= 4 is 5.91 Å². The number of phenols is 1. The molecule has 86 valence electrons. The summed E-state index contributed by atoms with van der Waals surface area (Å²) in [6.45, 7) is 5.67. The zero-order valence-corrected chi connectivity index (χ0v) is 9.19. The summed E-state index contributed by atoms with van der Waals surface area (Å²) in [5.74, 6) is 0.383. The van der Waals surface area contributed by atoms with E-state index in [-0.39, 0.29) is 18.3 Å². The van der Waals surface area contributed by atoms with Crippen molar-refractivity contribution in [3.05, 3.63) is 36.4 Å². The number of phenolic OH excluding ortho intramolecular Hbond substituents is 1. The number of nitrogens with one attached hydrogen (secondary N) is 1. The van der Waals surface area contributed by atoms with Crippen LogP contribution in [0.4, 0.5) is 0 Å². The molecule has 0 aliphatic carbocycles. The van der Waals surface area contributed by atoms with Gasteiger partial charge in [-0.2, -0.15) is 0 Å². The molecule has 0 atom stereocenters. The Kier molecular flexibility index (Phi) is 4.39. The Bertz CT molecular complexity index is 368. The van der Waals surface area contributed by atoms with Gasteiger partial charge in [0, 0.05) is 12.6 Å². The highest BCUT2D eigenvalue weighted by molar-refractivity contribution is 5.77. The molecule has 0 radical (unpaired) electrons. The average molecular weight is 221 g/mol. The third kappa shape index (κ3) is 4.04. The molecule has 0 unspecified atom stereocenters. The fourth-order valence-corrected chi connectivity index (χ4v) is 1.20. The molecule has 0 aliphatic heterocycles. The van der Waals surface area contributed by atoms with Crippen molar-refractivity contribution in [2.45, 2.75) is 6.92 Å². The number of rotatable bonds is 5. The average Bonchev–Trinajstić information content (AvgIpc) is 2.22. The minimum atomic E-state index is -0.221. The predicted molar refractivity (Wildman–Crippen MR) is 61.5 cm³/mol. The second-order valence-corrected chi connectivity index (χ2v) is 3.39. The minimum absolute atomic E-state index is 0.0727. The molecule has 0 bridgehead atoms. The van der Waals surface area contributed by atoms with E-state index >= 15 is 0 Å². The first-order chi connectivity index (χ1) is 7.61. The van der Waals surface area contributed by atoms with E-state index in [4.69, 9.17) is 4.74 Å². The summed E-state index contributed by atoms with van der Waals surface area (Å²) in [4.78, 5) is 11.2. The summed E-state index contributed by atoms with van der Waals surface area (Å²) in [6.07, 6.45) is 1.59. The Morgan fingerprint density at radius 1 is 1.56 bits per heavy atom. The summed E-state index contributed by atoms with van der Waals surface area (Å²) in [5, 5.41) is 11.9. The fourth-order valence-electron chi connectivity index (χ4n) is 1.20. The maximum atomic E-state index is 11.2. The molecule has 0 spiro atoms. The number of hydrogen-bond donors (Lipinski definition) is 2. The van der Waals surface area contributed by atoms with E-state index in [1.807, 2.05) is 6.92 Å². The lowest BCUT2D eigenvalue weighted by molar-refractivity contribution is -0.122. The van der Waals surface area contributed by atoms with Crippen molar-refractivity contribution in [1.29, 1.82) is 0 Å². The molecule has 4 heteroatoms. The smallest absolute Gasteiger partial charge is 0.258 e. The Morgan fingerprint density at radius 3 is 2.94 bits per heavy atom. The number of ether oxygens (including phenoxy) is 1. The number of amides is 1. The lowest BCUT2D eigenvalue weighted by atomic mass is 10.2. The minimum Gasteiger partial charge on any atom is -0.508 e. The quantitative estimate of drug-likeness (QED) is 0.738. The van der Waals surface area contributed by atoms with Crippen LogP contribution in [0, 0.1) is 6.92 Å². The molecule has 0 saturated heterocycles. The van der Waals surface area contributed by atoms with Crippen LogP contribution in [0.15, 0.2) is 30.9 Å². The lowest BCUT2D eigenvalue weighted by Gasteiger charge is -2.07. The molecule has 0 fully saturated rings. The van der Waals surface area contributed by atoms with Gasteiger partial charge in [-0.3, -0.25) is 4.79 Å². The maximum absolute atomic E-state index is 11.2. The molecule has 0 heterocycles. The first-order valence-corrected chi connectivity index (χ1v) is 4.93. The third-order valence-electron chi connectivity index (χ3n) is 1.85. The molecule has 0 aliphatic rings. The zero-order valence-electron chi connectivity index (χ0n) is 9.19. The number of benzene rings is 1. The topological polar surface area (TPSA) is 58.6 Å². The summed E-state index contributed by atoms with van der Waals surface area (Å²) in [5.41, 5.74) is 0.876. The number of carbonyl (C=O) groups excluding carboxylic acids is 1. The van der Waals surface area contributed by atoms with Crippen molar-refractivity contribution in [1.82, 2.24) is 5.32 Å². The van der Waals surface area contributed by atoms with Gasteiger partial charge in [0.15, 0.2) is 6.61 Å². The summed E-state index contributed by atoms with van der Waals surface area (Å²) in [6, 6.07) is 4.83. The van der Waals surface area contributed by atoms with Gasteiger partial charge in [0.25, 0.3) is 5.91 Å². The van der Waals surface area contributed by atoms with E-state index in [2.05, 4.69) is 11.9 Å². The number of carbonyl (C=O) groups is 1. The lowest BCUT2D eigenvalue weighted by Crippen LogP contribution is -2.28. The Hall–Kier alpha value is -1.97. The van der Waals surface area contributed by atoms with Crippen LogP contribution in [0.5, 0.6) is 11.5 Å². The summed E-state index contributed by atoms with van der Waals surface area (Å²) >= 11 is 0. The second-order valence-electron chi connectivity index (χ2n) is 3.39. The molecule has 1 aromatic carbocycles. The normalized spacial score (nSPS) is 9.56. The SMILES string of the molecule is C=CCNC(=O)COc1cc(C)cc(O)c1. The van der Waals surface area contributed by atoms with E-state index in [9.17, 15) is 9.90 Å². The van der Waals surface area contributed by atoms with Crippen molar-refractivity contribution in [2.24, 2.45) is 0 Å². The molecule has 0 aromatic heterocycles. The largest absolute Gasteiger partial charge is 0.508 e. The fraction of sp³-hybridized carbons (Fsp3) is 0.250. The second kappa shape index (κ2) is 5.80. The molecule has 4 nitrogen and oxygen atoms in total. The third-order valence-corrected chi connectivity index (χ3v) is 1.85. The van der Waals surface area contributed by atoms with Gasteiger partial charge in [-0.05, 0) is 24.6 Å². The van der Waals surface area contributed by atoms with Crippen LogP contribution in [0.1, 0.15) is 5.56 Å². The van der Waals surface area contributed by atoms with Crippen LogP contribution in [-0.2, 0) is 4.79 Å². The standard InChI is InChI=1S/C12H15NO3/c1-3-4-13-12(15)8-16-11-6-9(2)5-10(14)7-11/h3,5-7,14H,1,4,8H2,2H3,(H,13,15). The first-order valence-electron chi connectivity index (χ1n) is 4.93. The summed E-state index contributed by atoms with van der Waals surface area (Å²) < 4.78 is 5.22. The molecule has 1 amide bonds. The van der Waals surface area contributed by atoms with Crippen LogP contribution >= 0.6 is 0 Å². The van der Waals surface area contributed by atoms with E-state index < -0.39 is 0 Å². The van der Waals surface area contributed by atoms with Gasteiger partial charge < -0.3 is 15.2 Å². The van der Waals surface area contributed by atoms with Gasteiger partial charge in [0.05, 0.1) is 0 Å². The van der Waals surface area contributed by atoms with Gasteiger partial charge in [-0.15, -0.1) is 6.58 Å². The Balaban J connectivity index is 2.47. The van der Waals surface area contributed by atoms with Gasteiger partial charge >= 0.3 is 0 Å². The first kappa shape index (κ1) is 12.1. The number of aromatic hydroxyl groups is 1. The molecule has 1 aromatic rings. The monoisotopic (exact) mass is 221 g/mol. The van der Waals surface area contributed by atoms with Gasteiger partial charge in [0.1, 0.15) is 11.5 Å². The molecule has 1 rings (SSSR count).